The van der Waals surface area contributed by atoms with Crippen molar-refractivity contribution in [3.63, 3.8) is 0 Å². The van der Waals surface area contributed by atoms with Crippen molar-refractivity contribution in [2.45, 2.75) is 31.4 Å². The van der Waals surface area contributed by atoms with E-state index in [1.54, 1.807) is 7.11 Å². The van der Waals surface area contributed by atoms with Crippen LogP contribution >= 0.6 is 11.3 Å². The van der Waals surface area contributed by atoms with Gasteiger partial charge in [0.25, 0.3) is 5.91 Å². The van der Waals surface area contributed by atoms with Crippen LogP contribution in [0.2, 0.25) is 0 Å². The number of methoxy groups -OCH3 is 1. The molecule has 0 spiro atoms. The van der Waals surface area contributed by atoms with Crippen LogP contribution in [0.3, 0.4) is 0 Å². The van der Waals surface area contributed by atoms with Gasteiger partial charge in [0, 0.05) is 32.2 Å². The lowest BCUT2D eigenvalue weighted by Gasteiger charge is -2.39. The molecule has 116 valence electrons. The summed E-state index contributed by atoms with van der Waals surface area (Å²) in [5, 5.41) is 11.9. The second kappa shape index (κ2) is 6.34. The first-order valence-corrected chi connectivity index (χ1v) is 8.41. The van der Waals surface area contributed by atoms with Gasteiger partial charge in [-0.3, -0.25) is 9.69 Å². The Labute approximate surface area is 129 Å². The van der Waals surface area contributed by atoms with Gasteiger partial charge in [0.2, 0.25) is 0 Å². The Hall–Kier alpha value is -1.11. The number of ether oxygens (including phenoxy) is 1. The lowest BCUT2D eigenvalue weighted by Crippen LogP contribution is -2.53. The molecule has 1 aliphatic heterocycles. The largest absolute Gasteiger partial charge is 0.495 e. The topological polar surface area (TPSA) is 53.0 Å². The summed E-state index contributed by atoms with van der Waals surface area (Å²) in [6, 6.07) is 2.13. The molecule has 1 aliphatic carbocycles. The van der Waals surface area contributed by atoms with E-state index in [0.717, 1.165) is 45.4 Å². The van der Waals surface area contributed by atoms with Gasteiger partial charge in [-0.25, -0.2) is 0 Å². The van der Waals surface area contributed by atoms with E-state index < -0.39 is 0 Å². The average Bonchev–Trinajstić information content (AvgIpc) is 3.15. The summed E-state index contributed by atoms with van der Waals surface area (Å²) in [6.45, 7) is 3.15. The number of hydrogen-bond acceptors (Lipinski definition) is 5. The second-order valence-corrected chi connectivity index (χ2v) is 6.63. The molecule has 0 bridgehead atoms. The normalized spacial score (nSPS) is 27.0. The zero-order valence-electron chi connectivity index (χ0n) is 12.3. The lowest BCUT2D eigenvalue weighted by atomic mass is 10.1. The van der Waals surface area contributed by atoms with Crippen LogP contribution in [0.15, 0.2) is 11.4 Å². The van der Waals surface area contributed by atoms with Gasteiger partial charge in [0.1, 0.15) is 10.6 Å². The van der Waals surface area contributed by atoms with Crippen LogP contribution in [-0.2, 0) is 0 Å². The quantitative estimate of drug-likeness (QED) is 0.917. The highest BCUT2D eigenvalue weighted by atomic mass is 32.1. The Balaban J connectivity index is 1.59. The average molecular weight is 310 g/mol. The maximum Gasteiger partial charge on any atom is 0.267 e. The Morgan fingerprint density at radius 3 is 2.71 bits per heavy atom. The van der Waals surface area contributed by atoms with E-state index in [2.05, 4.69) is 4.90 Å². The van der Waals surface area contributed by atoms with Crippen molar-refractivity contribution in [2.75, 3.05) is 33.3 Å². The molecule has 6 heteroatoms. The van der Waals surface area contributed by atoms with Gasteiger partial charge in [-0.15, -0.1) is 11.3 Å². The number of carbonyl (C=O) groups is 1. The first-order chi connectivity index (χ1) is 10.2. The molecular weight excluding hydrogens is 288 g/mol. The van der Waals surface area contributed by atoms with E-state index in [1.807, 2.05) is 16.3 Å². The molecule has 1 saturated carbocycles. The van der Waals surface area contributed by atoms with Gasteiger partial charge in [-0.2, -0.15) is 0 Å². The Bertz CT molecular complexity index is 497. The van der Waals surface area contributed by atoms with Crippen molar-refractivity contribution in [1.82, 2.24) is 9.80 Å². The minimum absolute atomic E-state index is 0.0634. The van der Waals surface area contributed by atoms with Crippen LogP contribution < -0.4 is 4.74 Å². The predicted octanol–water partition coefficient (Wildman–Crippen LogP) is 1.43. The molecule has 1 N–H and O–H groups in total. The van der Waals surface area contributed by atoms with E-state index in [9.17, 15) is 9.90 Å². The number of nitrogens with zero attached hydrogens (tertiary/aromatic N) is 2. The molecule has 1 saturated heterocycles. The van der Waals surface area contributed by atoms with Crippen molar-refractivity contribution in [1.29, 1.82) is 0 Å². The predicted molar refractivity (Wildman–Crippen MR) is 82.0 cm³/mol. The van der Waals surface area contributed by atoms with Gasteiger partial charge in [-0.05, 0) is 30.7 Å². The number of thiophene rings is 1. The van der Waals surface area contributed by atoms with Crippen molar-refractivity contribution in [3.05, 3.63) is 16.3 Å². The van der Waals surface area contributed by atoms with E-state index in [4.69, 9.17) is 4.74 Å². The highest BCUT2D eigenvalue weighted by Crippen LogP contribution is 2.28. The zero-order chi connectivity index (χ0) is 14.8. The fraction of sp³-hybridized carbons (Fsp3) is 0.667. The fourth-order valence-corrected chi connectivity index (χ4v) is 4.19. The SMILES string of the molecule is COc1ccsc1C(=O)N1CCN([C@@H]2CCC[C@H]2O)CC1. The number of hydrogen-bond donors (Lipinski definition) is 1. The third-order valence-corrected chi connectivity index (χ3v) is 5.44. The molecule has 1 aromatic heterocycles. The summed E-state index contributed by atoms with van der Waals surface area (Å²) in [4.78, 5) is 17.4. The molecule has 2 aliphatic rings. The van der Waals surface area contributed by atoms with Crippen molar-refractivity contribution < 1.29 is 14.6 Å². The third kappa shape index (κ3) is 2.93. The molecule has 0 radical (unpaired) electrons. The molecule has 1 aromatic rings. The smallest absolute Gasteiger partial charge is 0.267 e. The second-order valence-electron chi connectivity index (χ2n) is 5.71. The van der Waals surface area contributed by atoms with Crippen molar-refractivity contribution >= 4 is 17.2 Å². The van der Waals surface area contributed by atoms with Crippen LogP contribution in [0.4, 0.5) is 0 Å². The van der Waals surface area contributed by atoms with Crippen LogP contribution in [0.1, 0.15) is 28.9 Å². The minimum atomic E-state index is -0.190. The summed E-state index contributed by atoms with van der Waals surface area (Å²) < 4.78 is 5.23. The molecular formula is C15H22N2O3S. The highest BCUT2D eigenvalue weighted by Gasteiger charge is 2.34. The van der Waals surface area contributed by atoms with Crippen LogP contribution in [-0.4, -0.2) is 66.2 Å². The van der Waals surface area contributed by atoms with Gasteiger partial charge in [0.05, 0.1) is 13.2 Å². The first-order valence-electron chi connectivity index (χ1n) is 7.53. The van der Waals surface area contributed by atoms with Crippen LogP contribution in [0.25, 0.3) is 0 Å². The lowest BCUT2D eigenvalue weighted by molar-refractivity contribution is 0.0316. The molecule has 21 heavy (non-hydrogen) atoms. The number of rotatable bonds is 3. The van der Waals surface area contributed by atoms with E-state index in [-0.39, 0.29) is 12.0 Å². The van der Waals surface area contributed by atoms with E-state index >= 15 is 0 Å². The Morgan fingerprint density at radius 1 is 1.33 bits per heavy atom. The molecule has 2 atom stereocenters. The van der Waals surface area contributed by atoms with Crippen LogP contribution in [0.5, 0.6) is 5.75 Å². The summed E-state index contributed by atoms with van der Waals surface area (Å²) in [6.07, 6.45) is 2.91. The maximum absolute atomic E-state index is 12.5. The summed E-state index contributed by atoms with van der Waals surface area (Å²) in [5.74, 6) is 0.729. The number of aliphatic hydroxyl groups excluding tert-OH is 1. The van der Waals surface area contributed by atoms with E-state index in [0.29, 0.717) is 16.7 Å². The van der Waals surface area contributed by atoms with Gasteiger partial charge < -0.3 is 14.7 Å². The number of carbonyl (C=O) groups excluding carboxylic acids is 1. The summed E-state index contributed by atoms with van der Waals surface area (Å²) in [7, 11) is 1.60. The van der Waals surface area contributed by atoms with Gasteiger partial charge >= 0.3 is 0 Å². The molecule has 2 fully saturated rings. The maximum atomic E-state index is 12.5. The van der Waals surface area contributed by atoms with E-state index in [1.165, 1.54) is 11.3 Å². The Morgan fingerprint density at radius 2 is 2.10 bits per heavy atom. The zero-order valence-corrected chi connectivity index (χ0v) is 13.1. The molecule has 3 rings (SSSR count). The van der Waals surface area contributed by atoms with Crippen molar-refractivity contribution in [3.8, 4) is 5.75 Å². The monoisotopic (exact) mass is 310 g/mol. The standard InChI is InChI=1S/C15H22N2O3S/c1-20-13-5-10-21-14(13)15(19)17-8-6-16(7-9-17)11-3-2-4-12(11)18/h5,10-12,18H,2-4,6-9H2,1H3/t11-,12-/m1/s1. The molecule has 1 amide bonds. The summed E-state index contributed by atoms with van der Waals surface area (Å²) in [5.41, 5.74) is 0. The number of piperazine rings is 1. The van der Waals surface area contributed by atoms with Gasteiger partial charge in [0.15, 0.2) is 0 Å². The third-order valence-electron chi connectivity index (χ3n) is 4.56. The number of aliphatic hydroxyl groups is 1. The number of amides is 1. The highest BCUT2D eigenvalue weighted by molar-refractivity contribution is 7.12. The molecule has 0 unspecified atom stereocenters. The Kier molecular flexibility index (Phi) is 4.47. The van der Waals surface area contributed by atoms with Crippen molar-refractivity contribution in [2.24, 2.45) is 0 Å². The molecule has 0 aromatic carbocycles. The first kappa shape index (κ1) is 14.8. The summed E-state index contributed by atoms with van der Waals surface area (Å²) >= 11 is 1.43. The molecule has 5 nitrogen and oxygen atoms in total. The van der Waals surface area contributed by atoms with Crippen LogP contribution in [0, 0.1) is 0 Å². The van der Waals surface area contributed by atoms with Gasteiger partial charge in [-0.1, -0.05) is 0 Å². The molecule has 2 heterocycles. The minimum Gasteiger partial charge on any atom is -0.495 e. The fourth-order valence-electron chi connectivity index (χ4n) is 3.36.